The third-order valence-corrected chi connectivity index (χ3v) is 3.61. The average Bonchev–Trinajstić information content (AvgIpc) is 2.60. The van der Waals surface area contributed by atoms with Crippen molar-refractivity contribution in [1.29, 1.82) is 0 Å². The number of para-hydroxylation sites is 1. The van der Waals surface area contributed by atoms with E-state index < -0.39 is 5.82 Å². The third-order valence-electron chi connectivity index (χ3n) is 3.61. The molecule has 0 fully saturated rings. The number of nitrogens with zero attached hydrogens (tertiary/aromatic N) is 1. The van der Waals surface area contributed by atoms with Crippen molar-refractivity contribution in [3.63, 3.8) is 0 Å². The molecule has 2 aromatic rings. The molecule has 1 aliphatic rings. The maximum Gasteiger partial charge on any atom is 0.127 e. The molecule has 21 heavy (non-hydrogen) atoms. The summed E-state index contributed by atoms with van der Waals surface area (Å²) in [6, 6.07) is 11.4. The zero-order chi connectivity index (χ0) is 14.8. The van der Waals surface area contributed by atoms with Gasteiger partial charge in [0.2, 0.25) is 0 Å². The van der Waals surface area contributed by atoms with Gasteiger partial charge in [-0.3, -0.25) is 4.90 Å². The highest BCUT2D eigenvalue weighted by atomic mass is 19.1. The van der Waals surface area contributed by atoms with Gasteiger partial charge in [0, 0.05) is 30.8 Å². The minimum absolute atomic E-state index is 0.00488. The second-order valence-electron chi connectivity index (χ2n) is 5.44. The Kier molecular flexibility index (Phi) is 3.88. The minimum atomic E-state index is -0.411. The lowest BCUT2D eigenvalue weighted by molar-refractivity contribution is 0.155. The van der Waals surface area contributed by atoms with Gasteiger partial charge in [-0.05, 0) is 31.2 Å². The molecule has 0 saturated carbocycles. The SMILES string of the molecule is CC1CN(Cc2cc(F)ccc2F)Cc2ccccc2O1. The monoisotopic (exact) mass is 289 g/mol. The summed E-state index contributed by atoms with van der Waals surface area (Å²) >= 11 is 0. The summed E-state index contributed by atoms with van der Waals surface area (Å²) in [6.07, 6.45) is 0.00488. The van der Waals surface area contributed by atoms with Crippen molar-refractivity contribution < 1.29 is 13.5 Å². The third kappa shape index (κ3) is 3.22. The van der Waals surface area contributed by atoms with Gasteiger partial charge in [-0.2, -0.15) is 0 Å². The molecule has 110 valence electrons. The van der Waals surface area contributed by atoms with Crippen LogP contribution in [0.25, 0.3) is 0 Å². The van der Waals surface area contributed by atoms with Gasteiger partial charge in [-0.15, -0.1) is 0 Å². The Bertz CT molecular complexity index is 644. The highest BCUT2D eigenvalue weighted by Crippen LogP contribution is 2.26. The molecule has 0 radical (unpaired) electrons. The molecule has 1 heterocycles. The van der Waals surface area contributed by atoms with E-state index in [9.17, 15) is 8.78 Å². The number of rotatable bonds is 2. The molecular weight excluding hydrogens is 272 g/mol. The van der Waals surface area contributed by atoms with E-state index in [1.807, 2.05) is 31.2 Å². The quantitative estimate of drug-likeness (QED) is 0.835. The Morgan fingerprint density at radius 1 is 1.19 bits per heavy atom. The van der Waals surface area contributed by atoms with Crippen LogP contribution in [0.1, 0.15) is 18.1 Å². The van der Waals surface area contributed by atoms with E-state index in [0.29, 0.717) is 25.2 Å². The van der Waals surface area contributed by atoms with E-state index in [2.05, 4.69) is 4.90 Å². The van der Waals surface area contributed by atoms with E-state index in [0.717, 1.165) is 17.4 Å². The first kappa shape index (κ1) is 14.0. The van der Waals surface area contributed by atoms with E-state index in [4.69, 9.17) is 4.74 Å². The Morgan fingerprint density at radius 2 is 2.00 bits per heavy atom. The largest absolute Gasteiger partial charge is 0.489 e. The molecule has 0 aromatic heterocycles. The van der Waals surface area contributed by atoms with E-state index in [1.54, 1.807) is 0 Å². The van der Waals surface area contributed by atoms with Crippen molar-refractivity contribution in [2.45, 2.75) is 26.1 Å². The van der Waals surface area contributed by atoms with Crippen LogP contribution in [0.5, 0.6) is 5.75 Å². The molecule has 4 heteroatoms. The van der Waals surface area contributed by atoms with Crippen LogP contribution in [0.2, 0.25) is 0 Å². The van der Waals surface area contributed by atoms with Gasteiger partial charge in [-0.1, -0.05) is 18.2 Å². The predicted molar refractivity (Wildman–Crippen MR) is 77.0 cm³/mol. The summed E-state index contributed by atoms with van der Waals surface area (Å²) in [5, 5.41) is 0. The van der Waals surface area contributed by atoms with Gasteiger partial charge in [-0.25, -0.2) is 8.78 Å². The number of ether oxygens (including phenoxy) is 1. The molecule has 0 spiro atoms. The Morgan fingerprint density at radius 3 is 2.86 bits per heavy atom. The first-order valence-electron chi connectivity index (χ1n) is 7.02. The number of benzene rings is 2. The van der Waals surface area contributed by atoms with Gasteiger partial charge >= 0.3 is 0 Å². The molecule has 0 saturated heterocycles. The molecule has 1 aliphatic heterocycles. The highest BCUT2D eigenvalue weighted by molar-refractivity contribution is 5.34. The lowest BCUT2D eigenvalue weighted by Gasteiger charge is -2.22. The van der Waals surface area contributed by atoms with Crippen LogP contribution >= 0.6 is 0 Å². The van der Waals surface area contributed by atoms with Crippen LogP contribution in [-0.4, -0.2) is 17.5 Å². The molecule has 2 aromatic carbocycles. The summed E-state index contributed by atoms with van der Waals surface area (Å²) < 4.78 is 33.0. The van der Waals surface area contributed by atoms with Crippen molar-refractivity contribution in [2.24, 2.45) is 0 Å². The minimum Gasteiger partial charge on any atom is -0.489 e. The molecule has 3 rings (SSSR count). The molecule has 0 amide bonds. The summed E-state index contributed by atoms with van der Waals surface area (Å²) in [4.78, 5) is 2.08. The first-order valence-corrected chi connectivity index (χ1v) is 7.02. The van der Waals surface area contributed by atoms with Gasteiger partial charge in [0.25, 0.3) is 0 Å². The van der Waals surface area contributed by atoms with Crippen molar-refractivity contribution in [3.05, 3.63) is 65.2 Å². The number of halogens is 2. The Balaban J connectivity index is 1.84. The fourth-order valence-electron chi connectivity index (χ4n) is 2.70. The predicted octanol–water partition coefficient (Wildman–Crippen LogP) is 3.75. The average molecular weight is 289 g/mol. The van der Waals surface area contributed by atoms with E-state index in [1.165, 1.54) is 12.1 Å². The fraction of sp³-hybridized carbons (Fsp3) is 0.294. The summed E-state index contributed by atoms with van der Waals surface area (Å²) in [5.74, 6) is 0.0839. The standard InChI is InChI=1S/C17H17F2NO/c1-12-9-20(10-13-4-2-3-5-17(13)21-12)11-14-8-15(18)6-7-16(14)19/h2-8,12H,9-11H2,1H3. The van der Waals surface area contributed by atoms with Crippen molar-refractivity contribution in [1.82, 2.24) is 4.90 Å². The van der Waals surface area contributed by atoms with Crippen molar-refractivity contribution >= 4 is 0 Å². The molecule has 0 N–H and O–H groups in total. The molecular formula is C17H17F2NO. The summed E-state index contributed by atoms with van der Waals surface area (Å²) in [6.45, 7) is 3.68. The topological polar surface area (TPSA) is 12.5 Å². The highest BCUT2D eigenvalue weighted by Gasteiger charge is 2.20. The van der Waals surface area contributed by atoms with Gasteiger partial charge in [0.1, 0.15) is 23.5 Å². The normalized spacial score (nSPS) is 18.7. The second kappa shape index (κ2) is 5.82. The van der Waals surface area contributed by atoms with Crippen LogP contribution in [-0.2, 0) is 13.1 Å². The van der Waals surface area contributed by atoms with Crippen molar-refractivity contribution in [3.8, 4) is 5.75 Å². The van der Waals surface area contributed by atoms with Crippen LogP contribution in [0.15, 0.2) is 42.5 Å². The second-order valence-corrected chi connectivity index (χ2v) is 5.44. The van der Waals surface area contributed by atoms with Crippen LogP contribution in [0.3, 0.4) is 0 Å². The fourth-order valence-corrected chi connectivity index (χ4v) is 2.70. The maximum atomic E-state index is 13.8. The zero-order valence-corrected chi connectivity index (χ0v) is 11.9. The zero-order valence-electron chi connectivity index (χ0n) is 11.9. The first-order chi connectivity index (χ1) is 10.1. The summed E-state index contributed by atoms with van der Waals surface area (Å²) in [7, 11) is 0. The maximum absolute atomic E-state index is 13.8. The Labute approximate surface area is 123 Å². The van der Waals surface area contributed by atoms with Crippen LogP contribution < -0.4 is 4.74 Å². The van der Waals surface area contributed by atoms with Gasteiger partial charge in [0.15, 0.2) is 0 Å². The molecule has 1 atom stereocenters. The lowest BCUT2D eigenvalue weighted by Crippen LogP contribution is -2.30. The number of hydrogen-bond acceptors (Lipinski definition) is 2. The number of hydrogen-bond donors (Lipinski definition) is 0. The molecule has 2 nitrogen and oxygen atoms in total. The number of fused-ring (bicyclic) bond motifs is 1. The molecule has 0 bridgehead atoms. The van der Waals surface area contributed by atoms with Crippen LogP contribution in [0, 0.1) is 11.6 Å². The lowest BCUT2D eigenvalue weighted by atomic mass is 10.1. The summed E-state index contributed by atoms with van der Waals surface area (Å²) in [5.41, 5.74) is 1.44. The van der Waals surface area contributed by atoms with E-state index >= 15 is 0 Å². The molecule has 0 aliphatic carbocycles. The molecule has 1 unspecified atom stereocenters. The van der Waals surface area contributed by atoms with E-state index in [-0.39, 0.29) is 11.9 Å². The Hall–Kier alpha value is -1.94. The smallest absolute Gasteiger partial charge is 0.127 e. The van der Waals surface area contributed by atoms with Crippen LogP contribution in [0.4, 0.5) is 8.78 Å². The van der Waals surface area contributed by atoms with Gasteiger partial charge in [0.05, 0.1) is 0 Å². The van der Waals surface area contributed by atoms with Gasteiger partial charge < -0.3 is 4.74 Å². The van der Waals surface area contributed by atoms with Crippen molar-refractivity contribution in [2.75, 3.05) is 6.54 Å².